The number of anilines is 1. The van der Waals surface area contributed by atoms with Gasteiger partial charge in [0, 0.05) is 17.7 Å². The number of carbonyl (C=O) groups is 2. The van der Waals surface area contributed by atoms with Gasteiger partial charge in [0.25, 0.3) is 11.7 Å². The molecule has 37 heavy (non-hydrogen) atoms. The predicted molar refractivity (Wildman–Crippen MR) is 140 cm³/mol. The molecule has 2 atom stereocenters. The highest BCUT2D eigenvalue weighted by Crippen LogP contribution is 2.43. The van der Waals surface area contributed by atoms with E-state index in [4.69, 9.17) is 14.2 Å². The third kappa shape index (κ3) is 4.53. The molecule has 0 saturated carbocycles. The number of hydrogen-bond donors (Lipinski definition) is 1. The van der Waals surface area contributed by atoms with Crippen LogP contribution in [-0.2, 0) is 16.0 Å². The summed E-state index contributed by atoms with van der Waals surface area (Å²) in [6.45, 7) is 5.84. The first-order chi connectivity index (χ1) is 17.8. The number of ether oxygens (including phenoxy) is 3. The fourth-order valence-corrected chi connectivity index (χ4v) is 4.91. The van der Waals surface area contributed by atoms with Crippen molar-refractivity contribution in [2.75, 3.05) is 12.0 Å². The van der Waals surface area contributed by atoms with E-state index in [1.807, 2.05) is 32.9 Å². The number of Topliss-reactive ketones (excluding diaryl/α,β-unsaturated/α-hetero) is 1. The fourth-order valence-electron chi connectivity index (χ4n) is 4.91. The molecule has 3 aromatic carbocycles. The molecule has 1 N–H and O–H groups in total. The first-order valence-corrected chi connectivity index (χ1v) is 12.3. The Balaban J connectivity index is 1.64. The van der Waals surface area contributed by atoms with Crippen LogP contribution in [0.15, 0.2) is 72.3 Å². The molecule has 5 rings (SSSR count). The number of methoxy groups -OCH3 is 1. The summed E-state index contributed by atoms with van der Waals surface area (Å²) in [4.78, 5) is 28.3. The summed E-state index contributed by atoms with van der Waals surface area (Å²) in [5, 5.41) is 11.5. The number of fused-ring (bicyclic) bond motifs is 1. The van der Waals surface area contributed by atoms with Crippen LogP contribution in [-0.4, -0.2) is 36.1 Å². The van der Waals surface area contributed by atoms with E-state index < -0.39 is 17.7 Å². The van der Waals surface area contributed by atoms with E-state index in [0.29, 0.717) is 34.7 Å². The van der Waals surface area contributed by atoms with E-state index in [0.717, 1.165) is 11.3 Å². The van der Waals surface area contributed by atoms with Crippen molar-refractivity contribution in [3.05, 3.63) is 89.0 Å². The monoisotopic (exact) mass is 499 g/mol. The lowest BCUT2D eigenvalue weighted by Crippen LogP contribution is -2.29. The Bertz CT molecular complexity index is 1390. The first kappa shape index (κ1) is 24.4. The predicted octanol–water partition coefficient (Wildman–Crippen LogP) is 5.43. The summed E-state index contributed by atoms with van der Waals surface area (Å²) in [6.07, 6.45) is 0.740. The second-order valence-electron chi connectivity index (χ2n) is 9.56. The molecule has 2 heterocycles. The van der Waals surface area contributed by atoms with Crippen LogP contribution >= 0.6 is 0 Å². The zero-order valence-electron chi connectivity index (χ0n) is 21.2. The van der Waals surface area contributed by atoms with Crippen LogP contribution in [0.5, 0.6) is 17.2 Å². The van der Waals surface area contributed by atoms with Crippen molar-refractivity contribution >= 4 is 23.1 Å². The van der Waals surface area contributed by atoms with E-state index in [9.17, 15) is 14.7 Å². The van der Waals surface area contributed by atoms with Crippen LogP contribution in [0.2, 0.25) is 0 Å². The molecule has 2 aliphatic heterocycles. The van der Waals surface area contributed by atoms with Gasteiger partial charge in [0.2, 0.25) is 0 Å². The van der Waals surface area contributed by atoms with E-state index in [1.54, 1.807) is 61.7 Å². The smallest absolute Gasteiger partial charge is 0.300 e. The zero-order chi connectivity index (χ0) is 26.3. The molecule has 1 fully saturated rings. The van der Waals surface area contributed by atoms with Crippen LogP contribution in [0.25, 0.3) is 5.76 Å². The second kappa shape index (κ2) is 9.65. The molecule has 0 bridgehead atoms. The van der Waals surface area contributed by atoms with Crippen LogP contribution in [0, 0.1) is 0 Å². The van der Waals surface area contributed by atoms with E-state index in [2.05, 4.69) is 0 Å². The summed E-state index contributed by atoms with van der Waals surface area (Å²) in [5.74, 6) is 0.298. The van der Waals surface area contributed by atoms with Crippen molar-refractivity contribution in [2.45, 2.75) is 45.4 Å². The van der Waals surface area contributed by atoms with Crippen LogP contribution in [0.3, 0.4) is 0 Å². The number of carbonyl (C=O) groups excluding carboxylic acids is 2. The van der Waals surface area contributed by atoms with Crippen molar-refractivity contribution in [3.8, 4) is 17.2 Å². The van der Waals surface area contributed by atoms with Crippen molar-refractivity contribution in [2.24, 2.45) is 0 Å². The molecule has 0 aliphatic carbocycles. The van der Waals surface area contributed by atoms with Gasteiger partial charge in [-0.1, -0.05) is 12.1 Å². The van der Waals surface area contributed by atoms with Gasteiger partial charge in [0.15, 0.2) is 0 Å². The lowest BCUT2D eigenvalue weighted by Gasteiger charge is -2.26. The Morgan fingerprint density at radius 2 is 1.78 bits per heavy atom. The molecule has 3 aromatic rings. The van der Waals surface area contributed by atoms with Gasteiger partial charge in [-0.25, -0.2) is 0 Å². The molecule has 190 valence electrons. The number of benzene rings is 3. The van der Waals surface area contributed by atoms with Gasteiger partial charge >= 0.3 is 0 Å². The third-order valence-electron chi connectivity index (χ3n) is 6.51. The lowest BCUT2D eigenvalue weighted by molar-refractivity contribution is -0.132. The summed E-state index contributed by atoms with van der Waals surface area (Å²) in [5.41, 5.74) is 2.59. The molecule has 1 amide bonds. The van der Waals surface area contributed by atoms with E-state index in [-0.39, 0.29) is 23.5 Å². The highest BCUT2D eigenvalue weighted by atomic mass is 16.5. The van der Waals surface area contributed by atoms with Crippen molar-refractivity contribution in [3.63, 3.8) is 0 Å². The highest BCUT2D eigenvalue weighted by molar-refractivity contribution is 6.51. The number of hydrogen-bond acceptors (Lipinski definition) is 6. The van der Waals surface area contributed by atoms with Gasteiger partial charge in [0.05, 0.1) is 24.8 Å². The largest absolute Gasteiger partial charge is 0.507 e. The van der Waals surface area contributed by atoms with E-state index >= 15 is 0 Å². The SMILES string of the molecule is COc1cccc(C2/C(=C(/O)c3ccc4c(c3)CC(C)O4)C(=O)C(=O)N2c2ccc(OC(C)C)cc2)c1. The Hall–Kier alpha value is -4.26. The van der Waals surface area contributed by atoms with Gasteiger partial charge in [-0.3, -0.25) is 14.5 Å². The second-order valence-corrected chi connectivity index (χ2v) is 9.56. The summed E-state index contributed by atoms with van der Waals surface area (Å²) in [6, 6.07) is 18.6. The number of nitrogens with zero attached hydrogens (tertiary/aromatic N) is 1. The molecule has 2 aliphatic rings. The maximum atomic E-state index is 13.5. The minimum absolute atomic E-state index is 0.00225. The Labute approximate surface area is 215 Å². The Kier molecular flexibility index (Phi) is 6.38. The molecule has 0 radical (unpaired) electrons. The fraction of sp³-hybridized carbons (Fsp3) is 0.267. The first-order valence-electron chi connectivity index (χ1n) is 12.3. The minimum atomic E-state index is -0.851. The van der Waals surface area contributed by atoms with Crippen LogP contribution in [0.4, 0.5) is 5.69 Å². The highest BCUT2D eigenvalue weighted by Gasteiger charge is 2.47. The molecule has 2 unspecified atom stereocenters. The maximum Gasteiger partial charge on any atom is 0.300 e. The van der Waals surface area contributed by atoms with Crippen molar-refractivity contribution in [1.82, 2.24) is 0 Å². The molecular formula is C30H29NO6. The molecule has 7 heteroatoms. The molecular weight excluding hydrogens is 470 g/mol. The Morgan fingerprint density at radius 3 is 2.49 bits per heavy atom. The average molecular weight is 500 g/mol. The average Bonchev–Trinajstić information content (AvgIpc) is 3.39. The summed E-state index contributed by atoms with van der Waals surface area (Å²) < 4.78 is 16.9. The quantitative estimate of drug-likeness (QED) is 0.277. The van der Waals surface area contributed by atoms with Gasteiger partial charge in [-0.15, -0.1) is 0 Å². The van der Waals surface area contributed by atoms with Crippen molar-refractivity contribution < 1.29 is 28.9 Å². The molecule has 1 saturated heterocycles. The van der Waals surface area contributed by atoms with Gasteiger partial charge < -0.3 is 19.3 Å². The number of aliphatic hydroxyl groups is 1. The molecule has 0 spiro atoms. The van der Waals surface area contributed by atoms with Gasteiger partial charge in [0.1, 0.15) is 29.1 Å². The number of amides is 1. The van der Waals surface area contributed by atoms with Gasteiger partial charge in [-0.05, 0) is 86.5 Å². The zero-order valence-corrected chi connectivity index (χ0v) is 21.2. The maximum absolute atomic E-state index is 13.5. The number of aliphatic hydroxyl groups excluding tert-OH is 1. The molecule has 0 aromatic heterocycles. The topological polar surface area (TPSA) is 85.3 Å². The number of ketones is 1. The summed E-state index contributed by atoms with van der Waals surface area (Å²) >= 11 is 0. The lowest BCUT2D eigenvalue weighted by atomic mass is 9.94. The Morgan fingerprint density at radius 1 is 1.03 bits per heavy atom. The van der Waals surface area contributed by atoms with Gasteiger partial charge in [-0.2, -0.15) is 0 Å². The standard InChI is InChI=1S/C30H29NO6/c1-17(2)36-23-11-9-22(10-12-23)31-27(19-6-5-7-24(16-19)35-4)26(29(33)30(31)34)28(32)20-8-13-25-21(15-20)14-18(3)37-25/h5-13,15-18,27,32H,14H2,1-4H3/b28-26-. The normalized spacial score (nSPS) is 20.2. The third-order valence-corrected chi connectivity index (χ3v) is 6.51. The van der Waals surface area contributed by atoms with Crippen LogP contribution < -0.4 is 19.1 Å². The van der Waals surface area contributed by atoms with Crippen LogP contribution in [0.1, 0.15) is 43.5 Å². The van der Waals surface area contributed by atoms with Crippen molar-refractivity contribution in [1.29, 1.82) is 0 Å². The minimum Gasteiger partial charge on any atom is -0.507 e. The van der Waals surface area contributed by atoms with E-state index in [1.165, 1.54) is 4.90 Å². The number of rotatable bonds is 6. The molecule has 7 nitrogen and oxygen atoms in total. The summed E-state index contributed by atoms with van der Waals surface area (Å²) in [7, 11) is 1.55.